The Balaban J connectivity index is 2.04. The highest BCUT2D eigenvalue weighted by atomic mass is 16.5. The molecule has 0 radical (unpaired) electrons. The van der Waals surface area contributed by atoms with E-state index in [1.807, 2.05) is 0 Å². The average Bonchev–Trinajstić information content (AvgIpc) is 2.79. The highest BCUT2D eigenvalue weighted by Gasteiger charge is 2.12. The van der Waals surface area contributed by atoms with E-state index in [2.05, 4.69) is 13.5 Å². The van der Waals surface area contributed by atoms with Crippen molar-refractivity contribution in [2.75, 3.05) is 13.2 Å². The van der Waals surface area contributed by atoms with Gasteiger partial charge < -0.3 is 9.47 Å². The molecule has 1 aromatic rings. The van der Waals surface area contributed by atoms with Gasteiger partial charge in [-0.05, 0) is 37.1 Å². The third-order valence-corrected chi connectivity index (χ3v) is 5.51. The van der Waals surface area contributed by atoms with Crippen molar-refractivity contribution in [1.82, 2.24) is 0 Å². The van der Waals surface area contributed by atoms with E-state index >= 15 is 0 Å². The Morgan fingerprint density at radius 1 is 0.719 bits per heavy atom. The molecule has 1 aromatic carbocycles. The molecule has 0 aliphatic carbocycles. The zero-order valence-corrected chi connectivity index (χ0v) is 20.5. The van der Waals surface area contributed by atoms with E-state index in [0.717, 1.165) is 18.4 Å². The van der Waals surface area contributed by atoms with Gasteiger partial charge in [-0.3, -0.25) is 0 Å². The topological polar surface area (TPSA) is 52.6 Å². The molecule has 0 unspecified atom stereocenters. The smallest absolute Gasteiger partial charge is 0.338 e. The van der Waals surface area contributed by atoms with Crippen LogP contribution in [0.5, 0.6) is 0 Å². The number of rotatable bonds is 19. The lowest BCUT2D eigenvalue weighted by atomic mass is 10.0. The minimum absolute atomic E-state index is 0.173. The van der Waals surface area contributed by atoms with E-state index in [1.165, 1.54) is 83.1 Å². The summed E-state index contributed by atoms with van der Waals surface area (Å²) in [5, 5.41) is 0. The summed E-state index contributed by atoms with van der Waals surface area (Å²) >= 11 is 0. The molecule has 4 nitrogen and oxygen atoms in total. The van der Waals surface area contributed by atoms with Crippen LogP contribution >= 0.6 is 0 Å². The summed E-state index contributed by atoms with van der Waals surface area (Å²) in [5.41, 5.74) is 1.49. The Labute approximate surface area is 195 Å². The normalized spacial score (nSPS) is 10.7. The molecular weight excluding hydrogens is 400 g/mol. The molecular formula is C28H44O4. The molecule has 0 atom stereocenters. The maximum absolute atomic E-state index is 12.2. The van der Waals surface area contributed by atoms with Gasteiger partial charge in [0.05, 0.1) is 17.7 Å². The second-order valence-electron chi connectivity index (χ2n) is 8.85. The van der Waals surface area contributed by atoms with Crippen molar-refractivity contribution < 1.29 is 19.1 Å². The largest absolute Gasteiger partial charge is 0.462 e. The molecule has 0 aliphatic heterocycles. The van der Waals surface area contributed by atoms with E-state index in [-0.39, 0.29) is 6.61 Å². The van der Waals surface area contributed by atoms with Gasteiger partial charge in [0, 0.05) is 0 Å². The predicted octanol–water partition coefficient (Wildman–Crippen LogP) is 8.06. The number of hydrogen-bond donors (Lipinski definition) is 0. The highest BCUT2D eigenvalue weighted by molar-refractivity contribution is 5.95. The van der Waals surface area contributed by atoms with Crippen LogP contribution in [0.25, 0.3) is 0 Å². The first-order valence-electron chi connectivity index (χ1n) is 12.6. The summed E-state index contributed by atoms with van der Waals surface area (Å²) in [4.78, 5) is 24.2. The summed E-state index contributed by atoms with van der Waals surface area (Å²) in [5.74, 6) is -0.858. The molecule has 0 spiro atoms. The molecule has 180 valence electrons. The van der Waals surface area contributed by atoms with Crippen LogP contribution in [0.3, 0.4) is 0 Å². The maximum Gasteiger partial charge on any atom is 0.338 e. The molecule has 0 saturated carbocycles. The zero-order chi connectivity index (χ0) is 23.4. The molecule has 0 amide bonds. The quantitative estimate of drug-likeness (QED) is 0.123. The lowest BCUT2D eigenvalue weighted by molar-refractivity contribution is 0.0497. The Bertz CT molecular complexity index is 665. The first-order valence-corrected chi connectivity index (χ1v) is 12.6. The van der Waals surface area contributed by atoms with Gasteiger partial charge in [0.15, 0.2) is 0 Å². The fraction of sp³-hybridized carbons (Fsp3) is 0.643. The molecule has 0 fully saturated rings. The molecule has 0 bridgehead atoms. The number of unbranched alkanes of at least 4 members (excludes halogenated alkanes) is 13. The molecule has 0 N–H and O–H groups in total. The first-order chi connectivity index (χ1) is 15.5. The predicted molar refractivity (Wildman–Crippen MR) is 132 cm³/mol. The Morgan fingerprint density at radius 3 is 1.62 bits per heavy atom. The van der Waals surface area contributed by atoms with Crippen LogP contribution in [0.4, 0.5) is 0 Å². The van der Waals surface area contributed by atoms with E-state index in [1.54, 1.807) is 25.1 Å². The van der Waals surface area contributed by atoms with Gasteiger partial charge in [0.1, 0.15) is 6.61 Å². The van der Waals surface area contributed by atoms with Gasteiger partial charge in [-0.2, -0.15) is 0 Å². The van der Waals surface area contributed by atoms with Crippen LogP contribution < -0.4 is 0 Å². The number of ether oxygens (including phenoxy) is 2. The van der Waals surface area contributed by atoms with Crippen LogP contribution in [0, 0.1) is 0 Å². The van der Waals surface area contributed by atoms with Gasteiger partial charge in [-0.15, -0.1) is 0 Å². The van der Waals surface area contributed by atoms with Gasteiger partial charge in [-0.25, -0.2) is 9.59 Å². The Hall–Kier alpha value is -2.10. The summed E-state index contributed by atoms with van der Waals surface area (Å²) in [6.45, 7) is 8.35. The summed E-state index contributed by atoms with van der Waals surface area (Å²) < 4.78 is 10.5. The van der Waals surface area contributed by atoms with Crippen molar-refractivity contribution in [2.45, 2.75) is 104 Å². The fourth-order valence-corrected chi connectivity index (χ4v) is 3.59. The van der Waals surface area contributed by atoms with Crippen LogP contribution in [0.1, 0.15) is 124 Å². The Kier molecular flexibility index (Phi) is 16.1. The molecule has 0 aliphatic rings. The summed E-state index contributed by atoms with van der Waals surface area (Å²) in [6.07, 6.45) is 18.1. The summed E-state index contributed by atoms with van der Waals surface area (Å²) in [7, 11) is 0. The highest BCUT2D eigenvalue weighted by Crippen LogP contribution is 2.13. The van der Waals surface area contributed by atoms with Crippen LogP contribution in [0.2, 0.25) is 0 Å². The minimum Gasteiger partial charge on any atom is -0.462 e. The fourth-order valence-electron chi connectivity index (χ4n) is 3.59. The van der Waals surface area contributed by atoms with Crippen molar-refractivity contribution in [1.29, 1.82) is 0 Å². The van der Waals surface area contributed by atoms with Crippen LogP contribution in [0.15, 0.2) is 36.4 Å². The Morgan fingerprint density at radius 2 is 1.16 bits per heavy atom. The van der Waals surface area contributed by atoms with Crippen LogP contribution in [-0.2, 0) is 9.47 Å². The number of esters is 2. The van der Waals surface area contributed by atoms with Crippen molar-refractivity contribution >= 4 is 11.9 Å². The van der Waals surface area contributed by atoms with E-state index in [0.29, 0.717) is 17.7 Å². The minimum atomic E-state index is -0.463. The second kappa shape index (κ2) is 18.5. The standard InChI is InChI=1S/C28H44O4/c1-4-5-6-7-8-9-10-11-12-13-14-15-16-17-21-31-27(29)25-19-18-20-26(22-25)28(30)32-23-24(2)3/h18-20,22H,2,4-17,21,23H2,1,3H3. The molecule has 0 heterocycles. The summed E-state index contributed by atoms with van der Waals surface area (Å²) in [6, 6.07) is 6.48. The molecule has 4 heteroatoms. The van der Waals surface area contributed by atoms with E-state index in [4.69, 9.17) is 9.47 Å². The lowest BCUT2D eigenvalue weighted by Crippen LogP contribution is -2.10. The monoisotopic (exact) mass is 444 g/mol. The SMILES string of the molecule is C=C(C)COC(=O)c1cccc(C(=O)OCCCCCCCCCCCCCCCC)c1. The van der Waals surface area contributed by atoms with Crippen molar-refractivity contribution in [3.63, 3.8) is 0 Å². The van der Waals surface area contributed by atoms with Gasteiger partial charge in [0.2, 0.25) is 0 Å². The van der Waals surface area contributed by atoms with Gasteiger partial charge in [0.25, 0.3) is 0 Å². The van der Waals surface area contributed by atoms with Crippen molar-refractivity contribution in [3.05, 3.63) is 47.5 Å². The van der Waals surface area contributed by atoms with Crippen molar-refractivity contribution in [2.24, 2.45) is 0 Å². The van der Waals surface area contributed by atoms with E-state index in [9.17, 15) is 9.59 Å². The van der Waals surface area contributed by atoms with Gasteiger partial charge >= 0.3 is 11.9 Å². The number of carbonyl (C=O) groups is 2. The zero-order valence-electron chi connectivity index (χ0n) is 20.5. The number of benzene rings is 1. The molecule has 0 saturated heterocycles. The molecule has 1 rings (SSSR count). The van der Waals surface area contributed by atoms with Crippen LogP contribution in [-0.4, -0.2) is 25.2 Å². The molecule has 32 heavy (non-hydrogen) atoms. The maximum atomic E-state index is 12.2. The number of hydrogen-bond acceptors (Lipinski definition) is 4. The average molecular weight is 445 g/mol. The molecule has 0 aromatic heterocycles. The second-order valence-corrected chi connectivity index (χ2v) is 8.85. The van der Waals surface area contributed by atoms with E-state index < -0.39 is 11.9 Å². The van der Waals surface area contributed by atoms with Gasteiger partial charge in [-0.1, -0.05) is 103 Å². The third kappa shape index (κ3) is 14.1. The third-order valence-electron chi connectivity index (χ3n) is 5.51. The lowest BCUT2D eigenvalue weighted by Gasteiger charge is -2.07. The number of carbonyl (C=O) groups excluding carboxylic acids is 2. The van der Waals surface area contributed by atoms with Crippen molar-refractivity contribution in [3.8, 4) is 0 Å². The first kappa shape index (κ1) is 27.9.